The number of hydrogen-bond acceptors (Lipinski definition) is 1. The van der Waals surface area contributed by atoms with Crippen molar-refractivity contribution in [3.63, 3.8) is 0 Å². The predicted octanol–water partition coefficient (Wildman–Crippen LogP) is 2.33. The van der Waals surface area contributed by atoms with Gasteiger partial charge in [-0.1, -0.05) is 0 Å². The zero-order chi connectivity index (χ0) is 9.68. The number of ether oxygens (including phenoxy) is 1. The Balaban J connectivity index is 2.80. The first-order chi connectivity index (χ1) is 6.24. The maximum absolute atomic E-state index is 5.08. The molecule has 0 heterocycles. The number of rotatable bonds is 3. The summed E-state index contributed by atoms with van der Waals surface area (Å²) in [5, 5.41) is 0. The molecule has 0 aliphatic rings. The molecule has 0 amide bonds. The molecule has 2 heteroatoms. The Morgan fingerprint density at radius 2 is 2.08 bits per heavy atom. The molecule has 0 radical (unpaired) electrons. The number of aryl methyl sites for hydroxylation is 1. The SMILES string of the molecule is CO[C](=[W])/C=C/c1ccccc1C. The Labute approximate surface area is 89.8 Å². The standard InChI is InChI=1S/C11H12O.W/c1-10-6-3-4-7-11(10)8-5-9-12-2;/h3-8H,1-2H3;/b8-5+;. The van der Waals surface area contributed by atoms with Gasteiger partial charge in [0.15, 0.2) is 0 Å². The molecule has 0 saturated carbocycles. The van der Waals surface area contributed by atoms with E-state index < -0.39 is 0 Å². The van der Waals surface area contributed by atoms with Gasteiger partial charge in [0.1, 0.15) is 0 Å². The molecule has 0 saturated heterocycles. The molecule has 0 N–H and O–H groups in total. The molecule has 1 aromatic rings. The van der Waals surface area contributed by atoms with Crippen molar-refractivity contribution in [2.45, 2.75) is 6.92 Å². The van der Waals surface area contributed by atoms with Crippen LogP contribution < -0.4 is 0 Å². The van der Waals surface area contributed by atoms with E-state index in [1.165, 1.54) is 30.5 Å². The molecule has 1 aromatic carbocycles. The van der Waals surface area contributed by atoms with Crippen LogP contribution in [0.4, 0.5) is 0 Å². The van der Waals surface area contributed by atoms with Gasteiger partial charge in [-0.2, -0.15) is 0 Å². The molecule has 0 fully saturated rings. The Bertz CT molecular complexity index is 329. The minimum absolute atomic E-state index is 1.00. The third-order valence-corrected chi connectivity index (χ3v) is 2.88. The second kappa shape index (κ2) is 5.26. The van der Waals surface area contributed by atoms with E-state index in [1.807, 2.05) is 18.2 Å². The van der Waals surface area contributed by atoms with Gasteiger partial charge in [0.05, 0.1) is 0 Å². The van der Waals surface area contributed by atoms with Gasteiger partial charge in [-0.15, -0.1) is 0 Å². The molecule has 0 atom stereocenters. The van der Waals surface area contributed by atoms with Crippen LogP contribution in [0.15, 0.2) is 30.3 Å². The summed E-state index contributed by atoms with van der Waals surface area (Å²) in [5.74, 6) is 0. The Morgan fingerprint density at radius 1 is 1.38 bits per heavy atom. The zero-order valence-electron chi connectivity index (χ0n) is 7.78. The van der Waals surface area contributed by atoms with Gasteiger partial charge >= 0.3 is 89.8 Å². The maximum atomic E-state index is 5.08. The van der Waals surface area contributed by atoms with E-state index in [2.05, 4.69) is 25.1 Å². The average molecular weight is 344 g/mol. The van der Waals surface area contributed by atoms with E-state index in [-0.39, 0.29) is 0 Å². The first-order valence-electron chi connectivity index (χ1n) is 4.05. The predicted molar refractivity (Wildman–Crippen MR) is 52.2 cm³/mol. The van der Waals surface area contributed by atoms with Crippen molar-refractivity contribution in [1.29, 1.82) is 0 Å². The van der Waals surface area contributed by atoms with Gasteiger partial charge in [0.25, 0.3) is 0 Å². The Morgan fingerprint density at radius 3 is 2.69 bits per heavy atom. The molecule has 13 heavy (non-hydrogen) atoms. The zero-order valence-corrected chi connectivity index (χ0v) is 10.7. The molecule has 1 nitrogen and oxygen atoms in total. The first kappa shape index (κ1) is 10.6. The molecule has 1 rings (SSSR count). The van der Waals surface area contributed by atoms with Gasteiger partial charge in [-0.25, -0.2) is 0 Å². The van der Waals surface area contributed by atoms with Crippen LogP contribution in [0.2, 0.25) is 0 Å². The molecule has 0 spiro atoms. The van der Waals surface area contributed by atoms with Crippen molar-refractivity contribution in [2.75, 3.05) is 7.11 Å². The van der Waals surface area contributed by atoms with Crippen molar-refractivity contribution >= 4 is 10.2 Å². The number of methoxy groups -OCH3 is 1. The van der Waals surface area contributed by atoms with Gasteiger partial charge in [-0.05, 0) is 0 Å². The fourth-order valence-electron chi connectivity index (χ4n) is 1.000. The third kappa shape index (κ3) is 3.38. The van der Waals surface area contributed by atoms with Crippen LogP contribution in [0.5, 0.6) is 0 Å². The number of benzene rings is 1. The van der Waals surface area contributed by atoms with Crippen molar-refractivity contribution < 1.29 is 24.1 Å². The quantitative estimate of drug-likeness (QED) is 0.818. The van der Waals surface area contributed by atoms with Crippen LogP contribution in [0.3, 0.4) is 0 Å². The molecular formula is C11H12OW. The topological polar surface area (TPSA) is 9.23 Å². The average Bonchev–Trinajstić information content (AvgIpc) is 2.16. The Hall–Kier alpha value is -0.522. The fraction of sp³-hybridized carbons (Fsp3) is 0.182. The second-order valence-electron chi connectivity index (χ2n) is 2.71. The summed E-state index contributed by atoms with van der Waals surface area (Å²) in [7, 11) is 1.70. The van der Waals surface area contributed by atoms with Crippen molar-refractivity contribution in [3.05, 3.63) is 41.5 Å². The summed E-state index contributed by atoms with van der Waals surface area (Å²) in [6.07, 6.45) is 4.10. The van der Waals surface area contributed by atoms with Gasteiger partial charge < -0.3 is 0 Å². The van der Waals surface area contributed by atoms with Crippen LogP contribution in [-0.2, 0) is 24.1 Å². The van der Waals surface area contributed by atoms with Crippen molar-refractivity contribution in [2.24, 2.45) is 0 Å². The van der Waals surface area contributed by atoms with E-state index in [0.29, 0.717) is 0 Å². The van der Waals surface area contributed by atoms with Gasteiger partial charge in [-0.3, -0.25) is 0 Å². The van der Waals surface area contributed by atoms with Gasteiger partial charge in [0, 0.05) is 0 Å². The van der Waals surface area contributed by atoms with Crippen LogP contribution in [0, 0.1) is 6.92 Å². The van der Waals surface area contributed by atoms with Crippen LogP contribution in [-0.4, -0.2) is 11.2 Å². The summed E-state index contributed by atoms with van der Waals surface area (Å²) in [5.41, 5.74) is 2.54. The monoisotopic (exact) mass is 344 g/mol. The van der Waals surface area contributed by atoms with E-state index in [0.717, 1.165) is 4.08 Å². The summed E-state index contributed by atoms with van der Waals surface area (Å²) >= 11 is 1.35. The van der Waals surface area contributed by atoms with Crippen molar-refractivity contribution in [1.82, 2.24) is 0 Å². The summed E-state index contributed by atoms with van der Waals surface area (Å²) in [6, 6.07) is 8.30. The van der Waals surface area contributed by atoms with E-state index >= 15 is 0 Å². The minimum atomic E-state index is 1.00. The molecule has 0 unspecified atom stereocenters. The van der Waals surface area contributed by atoms with E-state index in [9.17, 15) is 0 Å². The van der Waals surface area contributed by atoms with Crippen LogP contribution in [0.1, 0.15) is 11.1 Å². The summed E-state index contributed by atoms with van der Waals surface area (Å²) < 4.78 is 6.08. The normalized spacial score (nSPS) is 10.6. The van der Waals surface area contributed by atoms with Crippen LogP contribution in [0.25, 0.3) is 6.08 Å². The molecule has 0 aliphatic heterocycles. The second-order valence-corrected chi connectivity index (χ2v) is 4.16. The van der Waals surface area contributed by atoms with Gasteiger partial charge in [0.2, 0.25) is 0 Å². The molecule has 0 bridgehead atoms. The molecule has 68 valence electrons. The molecule has 0 aliphatic carbocycles. The summed E-state index contributed by atoms with van der Waals surface area (Å²) in [6.45, 7) is 2.11. The Kier molecular flexibility index (Phi) is 4.27. The third-order valence-electron chi connectivity index (χ3n) is 1.79. The fourth-order valence-corrected chi connectivity index (χ4v) is 1.24. The van der Waals surface area contributed by atoms with Crippen LogP contribution >= 0.6 is 0 Å². The molecular weight excluding hydrogens is 332 g/mol. The molecule has 0 aromatic heterocycles. The van der Waals surface area contributed by atoms with E-state index in [4.69, 9.17) is 4.74 Å². The van der Waals surface area contributed by atoms with Crippen molar-refractivity contribution in [3.8, 4) is 0 Å². The number of hydrogen-bond donors (Lipinski definition) is 0. The van der Waals surface area contributed by atoms with E-state index in [1.54, 1.807) is 7.11 Å². The first-order valence-corrected chi connectivity index (χ1v) is 5.52. The summed E-state index contributed by atoms with van der Waals surface area (Å²) in [4.78, 5) is 0.